The number of hydrogen-bond acceptors (Lipinski definition) is 5. The van der Waals surface area contributed by atoms with E-state index in [9.17, 15) is 9.18 Å². The lowest BCUT2D eigenvalue weighted by molar-refractivity contribution is 0.0949. The van der Waals surface area contributed by atoms with E-state index in [1.54, 1.807) is 42.5 Å². The minimum absolute atomic E-state index is 0.151. The Labute approximate surface area is 142 Å². The Bertz CT molecular complexity index is 938. The van der Waals surface area contributed by atoms with Crippen molar-refractivity contribution in [1.29, 1.82) is 0 Å². The number of fused-ring (bicyclic) bond motifs is 1. The molecule has 0 bridgehead atoms. The van der Waals surface area contributed by atoms with E-state index in [-0.39, 0.29) is 19.2 Å². The lowest BCUT2D eigenvalue weighted by atomic mass is 10.1. The number of carbonyl (C=O) groups excluding carboxylic acids is 1. The first-order valence-electron chi connectivity index (χ1n) is 7.59. The number of ether oxygens (including phenoxy) is 2. The third-order valence-electron chi connectivity index (χ3n) is 3.76. The molecule has 25 heavy (non-hydrogen) atoms. The van der Waals surface area contributed by atoms with Crippen molar-refractivity contribution in [2.24, 2.45) is 0 Å². The van der Waals surface area contributed by atoms with Crippen LogP contribution in [0.3, 0.4) is 0 Å². The highest BCUT2D eigenvalue weighted by molar-refractivity contribution is 5.94. The molecule has 7 heteroatoms. The molecular weight excluding hydrogens is 327 g/mol. The zero-order valence-electron chi connectivity index (χ0n) is 13.0. The standard InChI is InChI=1S/C18H13FN2O4/c19-14-4-2-1-3-13(14)16-8-12(21-25-16)9-20-18(22)11-5-6-15-17(7-11)24-10-23-15/h1-8H,9-10H2,(H,20,22). The van der Waals surface area contributed by atoms with Crippen LogP contribution in [-0.2, 0) is 6.54 Å². The molecule has 1 N–H and O–H groups in total. The molecule has 3 aromatic rings. The molecule has 126 valence electrons. The van der Waals surface area contributed by atoms with Crippen molar-refractivity contribution in [2.45, 2.75) is 6.54 Å². The van der Waals surface area contributed by atoms with E-state index in [0.717, 1.165) is 0 Å². The number of amides is 1. The van der Waals surface area contributed by atoms with Crippen LogP contribution in [0.25, 0.3) is 11.3 Å². The summed E-state index contributed by atoms with van der Waals surface area (Å²) < 4.78 is 29.4. The first kappa shape index (κ1) is 15.2. The van der Waals surface area contributed by atoms with Gasteiger partial charge in [0, 0.05) is 11.6 Å². The molecule has 0 saturated heterocycles. The van der Waals surface area contributed by atoms with Crippen molar-refractivity contribution < 1.29 is 23.2 Å². The molecule has 0 fully saturated rings. The number of aromatic nitrogens is 1. The topological polar surface area (TPSA) is 73.6 Å². The van der Waals surface area contributed by atoms with E-state index in [0.29, 0.717) is 34.1 Å². The maximum atomic E-state index is 13.7. The molecular formula is C18H13FN2O4. The van der Waals surface area contributed by atoms with E-state index in [2.05, 4.69) is 10.5 Å². The summed E-state index contributed by atoms with van der Waals surface area (Å²) in [6.45, 7) is 0.309. The summed E-state index contributed by atoms with van der Waals surface area (Å²) in [4.78, 5) is 12.2. The molecule has 2 heterocycles. The highest BCUT2D eigenvalue weighted by Crippen LogP contribution is 2.32. The summed E-state index contributed by atoms with van der Waals surface area (Å²) in [5.41, 5.74) is 1.26. The van der Waals surface area contributed by atoms with Crippen molar-refractivity contribution in [1.82, 2.24) is 10.5 Å². The van der Waals surface area contributed by atoms with Gasteiger partial charge >= 0.3 is 0 Å². The Morgan fingerprint density at radius 3 is 2.84 bits per heavy atom. The van der Waals surface area contributed by atoms with Gasteiger partial charge in [-0.25, -0.2) is 4.39 Å². The van der Waals surface area contributed by atoms with Crippen LogP contribution in [-0.4, -0.2) is 17.9 Å². The van der Waals surface area contributed by atoms with Crippen LogP contribution in [0.5, 0.6) is 11.5 Å². The fourth-order valence-electron chi connectivity index (χ4n) is 2.49. The smallest absolute Gasteiger partial charge is 0.251 e. The number of carbonyl (C=O) groups is 1. The molecule has 0 radical (unpaired) electrons. The van der Waals surface area contributed by atoms with Crippen LogP contribution in [0.1, 0.15) is 16.1 Å². The predicted molar refractivity (Wildman–Crippen MR) is 85.6 cm³/mol. The second kappa shape index (κ2) is 6.27. The molecule has 0 atom stereocenters. The third-order valence-corrected chi connectivity index (χ3v) is 3.76. The third kappa shape index (κ3) is 3.03. The van der Waals surface area contributed by atoms with Crippen LogP contribution >= 0.6 is 0 Å². The number of benzene rings is 2. The molecule has 0 saturated carbocycles. The number of nitrogens with one attached hydrogen (secondary N) is 1. The first-order chi connectivity index (χ1) is 12.2. The molecule has 0 aliphatic carbocycles. The first-order valence-corrected chi connectivity index (χ1v) is 7.59. The molecule has 0 spiro atoms. The van der Waals surface area contributed by atoms with Crippen LogP contribution in [0.15, 0.2) is 53.1 Å². The number of nitrogens with zero attached hydrogens (tertiary/aromatic N) is 1. The monoisotopic (exact) mass is 340 g/mol. The second-order valence-corrected chi connectivity index (χ2v) is 5.41. The Morgan fingerprint density at radius 2 is 1.96 bits per heavy atom. The van der Waals surface area contributed by atoms with Gasteiger partial charge in [-0.2, -0.15) is 0 Å². The molecule has 6 nitrogen and oxygen atoms in total. The van der Waals surface area contributed by atoms with Crippen molar-refractivity contribution in [3.05, 3.63) is 65.6 Å². The summed E-state index contributed by atoms with van der Waals surface area (Å²) in [5.74, 6) is 0.785. The number of halogens is 1. The average molecular weight is 340 g/mol. The second-order valence-electron chi connectivity index (χ2n) is 5.41. The van der Waals surface area contributed by atoms with E-state index in [4.69, 9.17) is 14.0 Å². The van der Waals surface area contributed by atoms with Gasteiger partial charge in [-0.3, -0.25) is 4.79 Å². The largest absolute Gasteiger partial charge is 0.454 e. The van der Waals surface area contributed by atoms with E-state index >= 15 is 0 Å². The van der Waals surface area contributed by atoms with Gasteiger partial charge in [-0.05, 0) is 30.3 Å². The summed E-state index contributed by atoms with van der Waals surface area (Å²) in [7, 11) is 0. The van der Waals surface area contributed by atoms with Gasteiger partial charge < -0.3 is 19.3 Å². The minimum Gasteiger partial charge on any atom is -0.454 e. The van der Waals surface area contributed by atoms with E-state index in [1.165, 1.54) is 6.07 Å². The van der Waals surface area contributed by atoms with Crippen LogP contribution in [0.2, 0.25) is 0 Å². The average Bonchev–Trinajstić information content (AvgIpc) is 3.28. The summed E-state index contributed by atoms with van der Waals surface area (Å²) in [6, 6.07) is 12.8. The summed E-state index contributed by atoms with van der Waals surface area (Å²) in [6.07, 6.45) is 0. The normalized spacial score (nSPS) is 12.2. The highest BCUT2D eigenvalue weighted by atomic mass is 19.1. The van der Waals surface area contributed by atoms with Gasteiger partial charge in [0.1, 0.15) is 11.5 Å². The maximum absolute atomic E-state index is 13.7. The molecule has 2 aromatic carbocycles. The Balaban J connectivity index is 1.43. The fourth-order valence-corrected chi connectivity index (χ4v) is 2.49. The van der Waals surface area contributed by atoms with Crippen LogP contribution < -0.4 is 14.8 Å². The molecule has 0 unspecified atom stereocenters. The lowest BCUT2D eigenvalue weighted by Gasteiger charge is -2.04. The Hall–Kier alpha value is -3.35. The van der Waals surface area contributed by atoms with Crippen LogP contribution in [0.4, 0.5) is 4.39 Å². The lowest BCUT2D eigenvalue weighted by Crippen LogP contribution is -2.22. The van der Waals surface area contributed by atoms with Gasteiger partial charge in [0.2, 0.25) is 6.79 Å². The van der Waals surface area contributed by atoms with Crippen molar-refractivity contribution >= 4 is 5.91 Å². The SMILES string of the molecule is O=C(NCc1cc(-c2ccccc2F)on1)c1ccc2c(c1)OCO2. The summed E-state index contributed by atoms with van der Waals surface area (Å²) >= 11 is 0. The fraction of sp³-hybridized carbons (Fsp3) is 0.111. The molecule has 1 aliphatic rings. The van der Waals surface area contributed by atoms with Crippen molar-refractivity contribution in [2.75, 3.05) is 6.79 Å². The van der Waals surface area contributed by atoms with Crippen LogP contribution in [0, 0.1) is 5.82 Å². The van der Waals surface area contributed by atoms with Gasteiger partial charge in [0.25, 0.3) is 5.91 Å². The highest BCUT2D eigenvalue weighted by Gasteiger charge is 2.17. The van der Waals surface area contributed by atoms with Crippen molar-refractivity contribution in [3.8, 4) is 22.8 Å². The molecule has 4 rings (SSSR count). The quantitative estimate of drug-likeness (QED) is 0.790. The van der Waals surface area contributed by atoms with Gasteiger partial charge in [0.05, 0.1) is 12.1 Å². The Morgan fingerprint density at radius 1 is 1.12 bits per heavy atom. The van der Waals surface area contributed by atoms with Gasteiger partial charge in [-0.15, -0.1) is 0 Å². The predicted octanol–water partition coefficient (Wildman–Crippen LogP) is 3.14. The molecule has 1 aromatic heterocycles. The summed E-state index contributed by atoms with van der Waals surface area (Å²) in [5, 5.41) is 6.59. The van der Waals surface area contributed by atoms with E-state index in [1.807, 2.05) is 0 Å². The van der Waals surface area contributed by atoms with E-state index < -0.39 is 5.82 Å². The van der Waals surface area contributed by atoms with Gasteiger partial charge in [-0.1, -0.05) is 17.3 Å². The van der Waals surface area contributed by atoms with Crippen molar-refractivity contribution in [3.63, 3.8) is 0 Å². The number of hydrogen-bond donors (Lipinski definition) is 1. The molecule has 1 amide bonds. The minimum atomic E-state index is -0.394. The molecule has 1 aliphatic heterocycles. The number of rotatable bonds is 4. The zero-order chi connectivity index (χ0) is 17.2. The maximum Gasteiger partial charge on any atom is 0.251 e. The zero-order valence-corrected chi connectivity index (χ0v) is 13.0. The Kier molecular flexibility index (Phi) is 3.81. The van der Waals surface area contributed by atoms with Gasteiger partial charge in [0.15, 0.2) is 17.3 Å².